The van der Waals surface area contributed by atoms with E-state index in [9.17, 15) is 0 Å². The highest BCUT2D eigenvalue weighted by atomic mass is 15.1. The number of H-pyrrole nitrogens is 1. The van der Waals surface area contributed by atoms with Crippen LogP contribution in [0.15, 0.2) is 60.9 Å². The fourth-order valence-electron chi connectivity index (χ4n) is 2.58. The van der Waals surface area contributed by atoms with Gasteiger partial charge in [0.15, 0.2) is 0 Å². The largest absolute Gasteiger partial charge is 0.370 e. The molecule has 0 unspecified atom stereocenters. The van der Waals surface area contributed by atoms with E-state index in [1.165, 1.54) is 11.1 Å². The van der Waals surface area contributed by atoms with Crippen molar-refractivity contribution in [1.29, 1.82) is 0 Å². The van der Waals surface area contributed by atoms with Crippen LogP contribution in [0.25, 0.3) is 11.3 Å². The number of unbranched alkanes of at least 4 members (excludes halogenated alkanes) is 1. The Morgan fingerprint density at radius 3 is 2.58 bits per heavy atom. The minimum atomic E-state index is 0.828. The van der Waals surface area contributed by atoms with Crippen LogP contribution in [0.5, 0.6) is 0 Å². The van der Waals surface area contributed by atoms with E-state index >= 15 is 0 Å². The van der Waals surface area contributed by atoms with Crippen LogP contribution in [-0.2, 0) is 6.54 Å². The summed E-state index contributed by atoms with van der Waals surface area (Å²) in [5.41, 5.74) is 3.47. The van der Waals surface area contributed by atoms with Crippen molar-refractivity contribution in [2.75, 3.05) is 18.4 Å². The molecule has 5 heteroatoms. The smallest absolute Gasteiger partial charge is 0.125 e. The molecule has 0 radical (unpaired) electrons. The van der Waals surface area contributed by atoms with E-state index in [0.717, 1.165) is 44.0 Å². The summed E-state index contributed by atoms with van der Waals surface area (Å²) in [6, 6.07) is 16.2. The quantitative estimate of drug-likeness (QED) is 0.528. The molecule has 3 rings (SSSR count). The maximum Gasteiger partial charge on any atom is 0.125 e. The van der Waals surface area contributed by atoms with Gasteiger partial charge in [0.1, 0.15) is 5.82 Å². The van der Waals surface area contributed by atoms with Crippen molar-refractivity contribution in [3.63, 3.8) is 0 Å². The first-order chi connectivity index (χ1) is 11.9. The van der Waals surface area contributed by atoms with Crippen LogP contribution in [0.3, 0.4) is 0 Å². The maximum absolute atomic E-state index is 4.25. The Morgan fingerprint density at radius 1 is 0.917 bits per heavy atom. The third-order valence-electron chi connectivity index (χ3n) is 3.85. The lowest BCUT2D eigenvalue weighted by atomic mass is 10.1. The zero-order valence-electron chi connectivity index (χ0n) is 13.7. The van der Waals surface area contributed by atoms with E-state index in [1.54, 1.807) is 6.20 Å². The van der Waals surface area contributed by atoms with Gasteiger partial charge in [0.25, 0.3) is 0 Å². The molecule has 2 heterocycles. The molecule has 3 N–H and O–H groups in total. The van der Waals surface area contributed by atoms with Crippen molar-refractivity contribution in [1.82, 2.24) is 20.5 Å². The Balaban J connectivity index is 1.35. The van der Waals surface area contributed by atoms with E-state index in [0.29, 0.717) is 0 Å². The Bertz CT molecular complexity index is 709. The lowest BCUT2D eigenvalue weighted by Gasteiger charge is -2.07. The van der Waals surface area contributed by atoms with Crippen molar-refractivity contribution in [3.05, 3.63) is 66.5 Å². The van der Waals surface area contributed by atoms with E-state index in [4.69, 9.17) is 0 Å². The van der Waals surface area contributed by atoms with E-state index in [1.807, 2.05) is 42.6 Å². The second-order valence-corrected chi connectivity index (χ2v) is 5.66. The van der Waals surface area contributed by atoms with Crippen LogP contribution in [0.2, 0.25) is 0 Å². The highest BCUT2D eigenvalue weighted by Crippen LogP contribution is 2.20. The van der Waals surface area contributed by atoms with Gasteiger partial charge >= 0.3 is 0 Å². The number of hydrogen-bond acceptors (Lipinski definition) is 4. The third kappa shape index (κ3) is 4.67. The summed E-state index contributed by atoms with van der Waals surface area (Å²) in [5.74, 6) is 0.941. The lowest BCUT2D eigenvalue weighted by molar-refractivity contribution is 0.633. The number of hydrogen-bond donors (Lipinski definition) is 3. The Hall–Kier alpha value is -2.66. The molecule has 1 aromatic carbocycles. The molecule has 0 saturated heterocycles. The van der Waals surface area contributed by atoms with Crippen LogP contribution in [-0.4, -0.2) is 28.3 Å². The van der Waals surface area contributed by atoms with Gasteiger partial charge in [-0.1, -0.05) is 36.4 Å². The summed E-state index contributed by atoms with van der Waals surface area (Å²) in [6.07, 6.45) is 5.94. The molecule has 124 valence electrons. The van der Waals surface area contributed by atoms with Crippen molar-refractivity contribution in [2.45, 2.75) is 19.4 Å². The van der Waals surface area contributed by atoms with E-state index in [2.05, 4.69) is 37.9 Å². The van der Waals surface area contributed by atoms with Gasteiger partial charge in [-0.15, -0.1) is 0 Å². The summed E-state index contributed by atoms with van der Waals surface area (Å²) in [6.45, 7) is 2.76. The van der Waals surface area contributed by atoms with Gasteiger partial charge in [0.05, 0.1) is 11.9 Å². The van der Waals surface area contributed by atoms with Gasteiger partial charge in [0, 0.05) is 24.8 Å². The zero-order chi connectivity index (χ0) is 16.5. The molecular formula is C19H23N5. The fraction of sp³-hybridized carbons (Fsp3) is 0.263. The van der Waals surface area contributed by atoms with Crippen molar-refractivity contribution in [3.8, 4) is 11.3 Å². The molecule has 0 aliphatic rings. The number of pyridine rings is 1. The van der Waals surface area contributed by atoms with Crippen LogP contribution in [0, 0.1) is 0 Å². The molecule has 0 amide bonds. The lowest BCUT2D eigenvalue weighted by Crippen LogP contribution is -2.16. The van der Waals surface area contributed by atoms with Crippen LogP contribution in [0.4, 0.5) is 5.82 Å². The average molecular weight is 321 g/mol. The third-order valence-corrected chi connectivity index (χ3v) is 3.85. The van der Waals surface area contributed by atoms with Gasteiger partial charge in [-0.05, 0) is 37.1 Å². The Morgan fingerprint density at radius 2 is 1.75 bits per heavy atom. The predicted molar refractivity (Wildman–Crippen MR) is 97.7 cm³/mol. The number of aromatic amines is 1. The van der Waals surface area contributed by atoms with Crippen molar-refractivity contribution < 1.29 is 0 Å². The predicted octanol–water partition coefficient (Wildman–Crippen LogP) is 3.45. The minimum absolute atomic E-state index is 0.828. The van der Waals surface area contributed by atoms with Gasteiger partial charge < -0.3 is 10.6 Å². The van der Waals surface area contributed by atoms with E-state index in [-0.39, 0.29) is 0 Å². The Labute approximate surface area is 142 Å². The molecule has 24 heavy (non-hydrogen) atoms. The van der Waals surface area contributed by atoms with E-state index < -0.39 is 0 Å². The SMILES string of the molecule is c1ccc(-c2[nH]ncc2CNCCCCNc2ccccn2)cc1. The second kappa shape index (κ2) is 8.84. The van der Waals surface area contributed by atoms with Gasteiger partial charge in [-0.2, -0.15) is 5.10 Å². The number of aromatic nitrogens is 3. The number of benzene rings is 1. The molecule has 0 spiro atoms. The van der Waals surface area contributed by atoms with Crippen LogP contribution < -0.4 is 10.6 Å². The van der Waals surface area contributed by atoms with Gasteiger partial charge in [0.2, 0.25) is 0 Å². The summed E-state index contributed by atoms with van der Waals surface area (Å²) < 4.78 is 0. The summed E-state index contributed by atoms with van der Waals surface area (Å²) >= 11 is 0. The van der Waals surface area contributed by atoms with Gasteiger partial charge in [-0.25, -0.2) is 4.98 Å². The number of nitrogens with zero attached hydrogens (tertiary/aromatic N) is 2. The Kier molecular flexibility index (Phi) is 5.97. The van der Waals surface area contributed by atoms with Crippen molar-refractivity contribution >= 4 is 5.82 Å². The monoisotopic (exact) mass is 321 g/mol. The molecule has 0 saturated carbocycles. The number of nitrogens with one attached hydrogen (secondary N) is 3. The number of rotatable bonds is 9. The first-order valence-corrected chi connectivity index (χ1v) is 8.37. The van der Waals surface area contributed by atoms with Crippen LogP contribution >= 0.6 is 0 Å². The first kappa shape index (κ1) is 16.2. The molecule has 2 aromatic heterocycles. The summed E-state index contributed by atoms with van der Waals surface area (Å²) in [4.78, 5) is 4.25. The van der Waals surface area contributed by atoms with Crippen molar-refractivity contribution in [2.24, 2.45) is 0 Å². The molecule has 3 aromatic rings. The molecule has 0 aliphatic heterocycles. The molecular weight excluding hydrogens is 298 g/mol. The standard InChI is InChI=1S/C19H23N5/c1-2-8-16(9-3-1)19-17(15-23-24-19)14-20-11-6-7-13-22-18-10-4-5-12-21-18/h1-5,8-10,12,15,20H,6-7,11,13-14H2,(H,21,22)(H,23,24). The molecule has 0 bridgehead atoms. The highest BCUT2D eigenvalue weighted by molar-refractivity contribution is 5.62. The topological polar surface area (TPSA) is 65.6 Å². The molecule has 0 fully saturated rings. The van der Waals surface area contributed by atoms with Crippen LogP contribution in [0.1, 0.15) is 18.4 Å². The minimum Gasteiger partial charge on any atom is -0.370 e. The normalized spacial score (nSPS) is 10.7. The highest BCUT2D eigenvalue weighted by Gasteiger charge is 2.06. The first-order valence-electron chi connectivity index (χ1n) is 8.37. The summed E-state index contributed by atoms with van der Waals surface area (Å²) in [5, 5.41) is 14.1. The molecule has 0 aliphatic carbocycles. The average Bonchev–Trinajstić information content (AvgIpc) is 3.11. The fourth-order valence-corrected chi connectivity index (χ4v) is 2.58. The van der Waals surface area contributed by atoms with Gasteiger partial charge in [-0.3, -0.25) is 5.10 Å². The molecule has 0 atom stereocenters. The second-order valence-electron chi connectivity index (χ2n) is 5.66. The molecule has 5 nitrogen and oxygen atoms in total. The zero-order valence-corrected chi connectivity index (χ0v) is 13.7. The number of anilines is 1. The summed E-state index contributed by atoms with van der Waals surface area (Å²) in [7, 11) is 0. The maximum atomic E-state index is 4.25.